The standard InChI is InChI=1S/C14H15NOS/c1-9(16)14(15-2)7-12(14)11-8-17-13-6-4-3-5-10(11)13/h3-6,8,12,15H,7H2,1-2H3/t12-,14?/m0/s1. The molecule has 17 heavy (non-hydrogen) atoms. The van der Waals surface area contributed by atoms with Crippen LogP contribution in [-0.4, -0.2) is 18.4 Å². The first-order chi connectivity index (χ1) is 8.19. The lowest BCUT2D eigenvalue weighted by Crippen LogP contribution is -2.36. The summed E-state index contributed by atoms with van der Waals surface area (Å²) in [5.74, 6) is 0.599. The molecule has 2 nitrogen and oxygen atoms in total. The van der Waals surface area contributed by atoms with Crippen molar-refractivity contribution in [1.82, 2.24) is 5.32 Å². The summed E-state index contributed by atoms with van der Waals surface area (Å²) >= 11 is 1.77. The van der Waals surface area contributed by atoms with E-state index in [0.717, 1.165) is 6.42 Å². The van der Waals surface area contributed by atoms with Gasteiger partial charge >= 0.3 is 0 Å². The second-order valence-electron chi connectivity index (χ2n) is 4.72. The van der Waals surface area contributed by atoms with Crippen LogP contribution in [0.2, 0.25) is 0 Å². The van der Waals surface area contributed by atoms with Crippen LogP contribution in [0.25, 0.3) is 10.1 Å². The van der Waals surface area contributed by atoms with Gasteiger partial charge in [0, 0.05) is 10.6 Å². The number of thiophene rings is 1. The van der Waals surface area contributed by atoms with Gasteiger partial charge in [-0.05, 0) is 42.8 Å². The van der Waals surface area contributed by atoms with Crippen molar-refractivity contribution in [3.8, 4) is 0 Å². The summed E-state index contributed by atoms with van der Waals surface area (Å²) in [6, 6.07) is 8.42. The number of carbonyl (C=O) groups excluding carboxylic acids is 1. The lowest BCUT2D eigenvalue weighted by molar-refractivity contribution is -0.119. The highest BCUT2D eigenvalue weighted by Crippen LogP contribution is 2.54. The van der Waals surface area contributed by atoms with E-state index < -0.39 is 0 Å². The summed E-state index contributed by atoms with van der Waals surface area (Å²) in [6.45, 7) is 1.69. The van der Waals surface area contributed by atoms with Gasteiger partial charge in [-0.3, -0.25) is 4.79 Å². The molecule has 0 saturated heterocycles. The van der Waals surface area contributed by atoms with E-state index in [1.165, 1.54) is 15.6 Å². The van der Waals surface area contributed by atoms with E-state index in [-0.39, 0.29) is 11.3 Å². The summed E-state index contributed by atoms with van der Waals surface area (Å²) in [6.07, 6.45) is 0.930. The maximum atomic E-state index is 11.7. The van der Waals surface area contributed by atoms with Crippen molar-refractivity contribution in [3.05, 3.63) is 35.2 Å². The van der Waals surface area contributed by atoms with Crippen molar-refractivity contribution in [2.45, 2.75) is 24.8 Å². The lowest BCUT2D eigenvalue weighted by atomic mass is 10.0. The molecule has 0 spiro atoms. The molecule has 1 aromatic heterocycles. The fourth-order valence-corrected chi connectivity index (χ4v) is 3.76. The Morgan fingerprint density at radius 2 is 2.24 bits per heavy atom. The Hall–Kier alpha value is -1.19. The van der Waals surface area contributed by atoms with Crippen molar-refractivity contribution in [1.29, 1.82) is 0 Å². The first kappa shape index (κ1) is 10.9. The molecule has 0 bridgehead atoms. The molecule has 1 heterocycles. The zero-order valence-corrected chi connectivity index (χ0v) is 10.8. The van der Waals surface area contributed by atoms with Gasteiger partial charge in [-0.25, -0.2) is 0 Å². The Morgan fingerprint density at radius 3 is 2.88 bits per heavy atom. The summed E-state index contributed by atoms with van der Waals surface area (Å²) in [5.41, 5.74) is 1.03. The van der Waals surface area contributed by atoms with Gasteiger partial charge in [0.2, 0.25) is 0 Å². The number of hydrogen-bond acceptors (Lipinski definition) is 3. The van der Waals surface area contributed by atoms with Gasteiger partial charge in [0.05, 0.1) is 5.54 Å². The Kier molecular flexibility index (Phi) is 2.35. The zero-order valence-electron chi connectivity index (χ0n) is 9.99. The molecule has 1 unspecified atom stereocenters. The van der Waals surface area contributed by atoms with Gasteiger partial charge in [-0.2, -0.15) is 0 Å². The van der Waals surface area contributed by atoms with Gasteiger partial charge in [0.15, 0.2) is 0 Å². The number of fused-ring (bicyclic) bond motifs is 1. The second-order valence-corrected chi connectivity index (χ2v) is 5.63. The highest BCUT2D eigenvalue weighted by atomic mass is 32.1. The maximum absolute atomic E-state index is 11.7. The molecule has 1 aromatic carbocycles. The predicted octanol–water partition coefficient (Wildman–Crippen LogP) is 2.94. The number of nitrogens with one attached hydrogen (secondary N) is 1. The van der Waals surface area contributed by atoms with Crippen molar-refractivity contribution >= 4 is 27.2 Å². The average molecular weight is 245 g/mol. The average Bonchev–Trinajstić information content (AvgIpc) is 2.94. The zero-order chi connectivity index (χ0) is 12.0. The summed E-state index contributed by atoms with van der Waals surface area (Å²) < 4.78 is 1.31. The number of hydrogen-bond donors (Lipinski definition) is 1. The molecule has 3 rings (SSSR count). The first-order valence-corrected chi connectivity index (χ1v) is 6.73. The van der Waals surface area contributed by atoms with Crippen molar-refractivity contribution in [3.63, 3.8) is 0 Å². The van der Waals surface area contributed by atoms with Crippen LogP contribution in [0.4, 0.5) is 0 Å². The minimum Gasteiger partial charge on any atom is -0.307 e. The molecule has 0 aliphatic heterocycles. The topological polar surface area (TPSA) is 29.1 Å². The SMILES string of the molecule is CNC1(C(C)=O)C[C@H]1c1csc2ccccc12. The molecule has 2 atom stereocenters. The number of Topliss-reactive ketones (excluding diaryl/α,β-unsaturated/α-hetero) is 1. The van der Waals surface area contributed by atoms with Crippen LogP contribution < -0.4 is 5.32 Å². The minimum absolute atomic E-state index is 0.250. The molecule has 1 aliphatic carbocycles. The van der Waals surface area contributed by atoms with Gasteiger partial charge in [0.25, 0.3) is 0 Å². The van der Waals surface area contributed by atoms with E-state index in [4.69, 9.17) is 0 Å². The van der Waals surface area contributed by atoms with Crippen LogP contribution in [0.15, 0.2) is 29.6 Å². The largest absolute Gasteiger partial charge is 0.307 e. The number of rotatable bonds is 3. The third-order valence-corrected chi connectivity index (χ3v) is 4.90. The summed E-state index contributed by atoms with van der Waals surface area (Å²) in [7, 11) is 1.88. The quantitative estimate of drug-likeness (QED) is 0.900. The Labute approximate surface area is 105 Å². The Balaban J connectivity index is 2.05. The third-order valence-electron chi connectivity index (χ3n) is 3.92. The van der Waals surface area contributed by atoms with Crippen molar-refractivity contribution < 1.29 is 4.79 Å². The summed E-state index contributed by atoms with van der Waals surface area (Å²) in [4.78, 5) is 11.7. The Morgan fingerprint density at radius 1 is 1.47 bits per heavy atom. The number of benzene rings is 1. The predicted molar refractivity (Wildman–Crippen MR) is 71.7 cm³/mol. The van der Waals surface area contributed by atoms with Gasteiger partial charge < -0.3 is 5.32 Å². The number of ketones is 1. The van der Waals surface area contributed by atoms with Crippen LogP contribution in [0.3, 0.4) is 0 Å². The number of likely N-dealkylation sites (N-methyl/N-ethyl adjacent to an activating group) is 1. The minimum atomic E-state index is -0.302. The van der Waals surface area contributed by atoms with Crippen LogP contribution in [-0.2, 0) is 4.79 Å². The van der Waals surface area contributed by atoms with Crippen LogP contribution in [0.5, 0.6) is 0 Å². The van der Waals surface area contributed by atoms with Gasteiger partial charge in [0.1, 0.15) is 5.78 Å². The van der Waals surface area contributed by atoms with Gasteiger partial charge in [-0.15, -0.1) is 11.3 Å². The van der Waals surface area contributed by atoms with E-state index in [9.17, 15) is 4.79 Å². The molecular formula is C14H15NOS. The van der Waals surface area contributed by atoms with E-state index >= 15 is 0 Å². The second kappa shape index (κ2) is 3.65. The summed E-state index contributed by atoms with van der Waals surface area (Å²) in [5, 5.41) is 6.72. The fraction of sp³-hybridized carbons (Fsp3) is 0.357. The molecule has 1 fully saturated rings. The normalized spacial score (nSPS) is 27.3. The lowest BCUT2D eigenvalue weighted by Gasteiger charge is -2.12. The van der Waals surface area contributed by atoms with Crippen LogP contribution in [0.1, 0.15) is 24.8 Å². The maximum Gasteiger partial charge on any atom is 0.150 e. The Bertz CT molecular complexity index is 589. The van der Waals surface area contributed by atoms with Crippen molar-refractivity contribution in [2.75, 3.05) is 7.05 Å². The third kappa shape index (κ3) is 1.46. The molecule has 2 aromatic rings. The molecule has 3 heteroatoms. The molecular weight excluding hydrogens is 230 g/mol. The highest BCUT2D eigenvalue weighted by Gasteiger charge is 2.58. The van der Waals surface area contributed by atoms with E-state index in [2.05, 4.69) is 35.0 Å². The van der Waals surface area contributed by atoms with E-state index in [1.54, 1.807) is 18.3 Å². The molecule has 88 valence electrons. The van der Waals surface area contributed by atoms with Crippen LogP contribution >= 0.6 is 11.3 Å². The molecule has 1 N–H and O–H groups in total. The molecule has 1 saturated carbocycles. The highest BCUT2D eigenvalue weighted by molar-refractivity contribution is 7.17. The monoisotopic (exact) mass is 245 g/mol. The number of carbonyl (C=O) groups is 1. The smallest absolute Gasteiger partial charge is 0.150 e. The molecule has 1 aliphatic rings. The molecule has 0 radical (unpaired) electrons. The molecule has 0 amide bonds. The van der Waals surface area contributed by atoms with E-state index in [0.29, 0.717) is 5.92 Å². The fourth-order valence-electron chi connectivity index (χ4n) is 2.75. The first-order valence-electron chi connectivity index (χ1n) is 5.85. The van der Waals surface area contributed by atoms with E-state index in [1.807, 2.05) is 7.05 Å². The van der Waals surface area contributed by atoms with Gasteiger partial charge in [-0.1, -0.05) is 18.2 Å². The van der Waals surface area contributed by atoms with Crippen LogP contribution in [0, 0.1) is 0 Å². The van der Waals surface area contributed by atoms with Crippen molar-refractivity contribution in [2.24, 2.45) is 0 Å².